The first-order chi connectivity index (χ1) is 30.2. The van der Waals surface area contributed by atoms with Crippen LogP contribution in [-0.2, 0) is 10.0 Å². The monoisotopic (exact) mass is 902 g/mol. The summed E-state index contributed by atoms with van der Waals surface area (Å²) in [6.45, 7) is 7.28. The molecule has 0 saturated carbocycles. The number of fused-ring (bicyclic) bond motifs is 1. The minimum Gasteiger partial charge on any atom is -0.455 e. The number of H-pyrrole nitrogens is 1. The number of ether oxygens (including phenoxy) is 1. The van der Waals surface area contributed by atoms with Crippen molar-refractivity contribution >= 4 is 61.2 Å². The van der Waals surface area contributed by atoms with E-state index >= 15 is 0 Å². The number of carbonyl (C=O) groups excluding carboxylic acids is 1. The van der Waals surface area contributed by atoms with Crippen LogP contribution in [0.1, 0.15) is 49.0 Å². The van der Waals surface area contributed by atoms with Gasteiger partial charge in [0.25, 0.3) is 21.6 Å². The topological polar surface area (TPSA) is 166 Å². The van der Waals surface area contributed by atoms with E-state index in [2.05, 4.69) is 55.8 Å². The van der Waals surface area contributed by atoms with E-state index in [-0.39, 0.29) is 41.5 Å². The number of nitro groups is 1. The zero-order chi connectivity index (χ0) is 44.5. The number of rotatable bonds is 15. The quantitative estimate of drug-likeness (QED) is 0.0685. The van der Waals surface area contributed by atoms with Crippen LogP contribution in [0.3, 0.4) is 0 Å². The Morgan fingerprint density at radius 2 is 1.78 bits per heavy atom. The maximum absolute atomic E-state index is 13.9. The Morgan fingerprint density at radius 3 is 2.49 bits per heavy atom. The molecule has 2 saturated heterocycles. The summed E-state index contributed by atoms with van der Waals surface area (Å²) in [5.74, 6) is -0.600. The van der Waals surface area contributed by atoms with Gasteiger partial charge in [0.05, 0.1) is 33.7 Å². The van der Waals surface area contributed by atoms with Crippen molar-refractivity contribution in [2.75, 3.05) is 69.4 Å². The summed E-state index contributed by atoms with van der Waals surface area (Å²) in [6.07, 6.45) is 6.38. The van der Waals surface area contributed by atoms with Crippen LogP contribution in [0.25, 0.3) is 16.6 Å². The average Bonchev–Trinajstić information content (AvgIpc) is 3.72. The minimum absolute atomic E-state index is 0.0323. The lowest BCUT2D eigenvalue weighted by molar-refractivity contribution is -0.384. The van der Waals surface area contributed by atoms with Gasteiger partial charge >= 0.3 is 0 Å². The highest BCUT2D eigenvalue weighted by molar-refractivity contribution is 7.90. The molecule has 5 aromatic rings. The Morgan fingerprint density at radius 1 is 1.03 bits per heavy atom. The van der Waals surface area contributed by atoms with Crippen molar-refractivity contribution in [2.45, 2.75) is 50.1 Å². The first-order valence-electron chi connectivity index (χ1n) is 20.9. The molecule has 0 unspecified atom stereocenters. The smallest absolute Gasteiger partial charge is 0.293 e. The Bertz CT molecular complexity index is 2640. The molecule has 2 aliphatic heterocycles. The molecule has 8 rings (SSSR count). The first-order valence-corrected chi connectivity index (χ1v) is 22.7. The molecule has 3 aromatic carbocycles. The molecule has 63 heavy (non-hydrogen) atoms. The molecule has 3 N–H and O–H groups in total. The second kappa shape index (κ2) is 18.2. The van der Waals surface area contributed by atoms with Crippen molar-refractivity contribution in [1.29, 1.82) is 0 Å². The number of halogens is 3. The third-order valence-corrected chi connectivity index (χ3v) is 13.8. The van der Waals surface area contributed by atoms with E-state index in [1.165, 1.54) is 35.0 Å². The Labute approximate surface area is 369 Å². The second-order valence-corrected chi connectivity index (χ2v) is 19.3. The molecule has 4 heterocycles. The fourth-order valence-electron chi connectivity index (χ4n) is 8.53. The summed E-state index contributed by atoms with van der Waals surface area (Å²) in [5.41, 5.74) is 5.09. The molecule has 0 bridgehead atoms. The van der Waals surface area contributed by atoms with Gasteiger partial charge in [0.2, 0.25) is 0 Å². The van der Waals surface area contributed by atoms with Crippen molar-refractivity contribution in [2.24, 2.45) is 5.41 Å². The van der Waals surface area contributed by atoms with Crippen molar-refractivity contribution in [1.82, 2.24) is 24.5 Å². The van der Waals surface area contributed by atoms with Crippen LogP contribution in [0.2, 0.25) is 5.02 Å². The maximum Gasteiger partial charge on any atom is 0.293 e. The van der Waals surface area contributed by atoms with Crippen LogP contribution >= 0.6 is 11.6 Å². The van der Waals surface area contributed by atoms with E-state index in [9.17, 15) is 32.1 Å². The molecule has 0 atom stereocenters. The number of nitrogens with one attached hydrogen (secondary N) is 3. The summed E-state index contributed by atoms with van der Waals surface area (Å²) >= 11 is 6.23. The van der Waals surface area contributed by atoms with Crippen molar-refractivity contribution in [3.05, 3.63) is 117 Å². The van der Waals surface area contributed by atoms with Crippen LogP contribution in [0.4, 0.5) is 25.8 Å². The van der Waals surface area contributed by atoms with E-state index in [0.717, 1.165) is 62.1 Å². The number of hydrogen-bond donors (Lipinski definition) is 3. The zero-order valence-corrected chi connectivity index (χ0v) is 36.5. The first kappa shape index (κ1) is 44.0. The summed E-state index contributed by atoms with van der Waals surface area (Å²) < 4.78 is 61.9. The molecule has 0 spiro atoms. The number of hydrogen-bond acceptors (Lipinski definition) is 11. The number of amides is 1. The van der Waals surface area contributed by atoms with Crippen LogP contribution in [-0.4, -0.2) is 110 Å². The molecule has 18 heteroatoms. The molecule has 3 aliphatic rings. The van der Waals surface area contributed by atoms with Gasteiger partial charge in [0.1, 0.15) is 36.2 Å². The Hall–Kier alpha value is -5.62. The lowest BCUT2D eigenvalue weighted by Gasteiger charge is -2.43. The zero-order valence-electron chi connectivity index (χ0n) is 35.0. The van der Waals surface area contributed by atoms with Gasteiger partial charge in [-0.15, -0.1) is 0 Å². The van der Waals surface area contributed by atoms with Crippen LogP contribution < -0.4 is 19.7 Å². The summed E-state index contributed by atoms with van der Waals surface area (Å²) in [6, 6.07) is 18.7. The number of allylic oxidation sites excluding steroid dienone is 1. The van der Waals surface area contributed by atoms with Crippen LogP contribution in [0, 0.1) is 15.5 Å². The number of piperazine rings is 1. The normalized spacial score (nSPS) is 17.5. The molecular formula is C45H49ClF2N8O6S. The van der Waals surface area contributed by atoms with Gasteiger partial charge in [0.15, 0.2) is 0 Å². The van der Waals surface area contributed by atoms with Gasteiger partial charge in [0, 0.05) is 80.2 Å². The van der Waals surface area contributed by atoms with Crippen LogP contribution in [0.5, 0.6) is 11.5 Å². The van der Waals surface area contributed by atoms with Gasteiger partial charge in [-0.1, -0.05) is 43.2 Å². The molecule has 1 amide bonds. The van der Waals surface area contributed by atoms with Gasteiger partial charge in [-0.25, -0.2) is 26.9 Å². The highest BCUT2D eigenvalue weighted by atomic mass is 35.5. The number of likely N-dealkylation sites (tertiary alicyclic amines) is 1. The van der Waals surface area contributed by atoms with Crippen molar-refractivity contribution in [3.63, 3.8) is 0 Å². The predicted molar refractivity (Wildman–Crippen MR) is 240 cm³/mol. The molecule has 0 radical (unpaired) electrons. The number of nitrogens with zero attached hydrogens (tertiary/aromatic N) is 5. The summed E-state index contributed by atoms with van der Waals surface area (Å²) in [5, 5.41) is 16.5. The summed E-state index contributed by atoms with van der Waals surface area (Å²) in [7, 11) is -4.64. The third-order valence-electron chi connectivity index (χ3n) is 12.2. The molecule has 14 nitrogen and oxygen atoms in total. The largest absolute Gasteiger partial charge is 0.455 e. The number of aromatic amines is 1. The summed E-state index contributed by atoms with van der Waals surface area (Å²) in [4.78, 5) is 38.4. The van der Waals surface area contributed by atoms with E-state index in [0.29, 0.717) is 29.5 Å². The predicted octanol–water partition coefficient (Wildman–Crippen LogP) is 8.23. The molecule has 332 valence electrons. The fourth-order valence-corrected chi connectivity index (χ4v) is 9.64. The molecule has 2 aromatic heterocycles. The van der Waals surface area contributed by atoms with E-state index in [4.69, 9.17) is 16.3 Å². The standard InChI is InChI=1S/C45H49ClF2N8O6S/c1-45(2)13-11-31(39(22-45)29-3-5-32(46)6-4-29)26-53-15-17-54(18-16-53)34-7-9-38(42(20-34)62-36-19-30-12-14-49-43(30)50-25-36)44(57)52-63(60,61)37-8-10-40(41(21-37)56(58)59)51-33-27-55(28-33)35(23-47)24-48/h3-10,12,14,19-21,25,33,35,51H,11,13,15-18,22-24,26-28H2,1-2H3,(H,49,50)(H,52,57). The number of alkyl halides is 2. The third kappa shape index (κ3) is 9.96. The number of nitro benzene ring substituents is 1. The Kier molecular flexibility index (Phi) is 12.7. The van der Waals surface area contributed by atoms with E-state index in [1.54, 1.807) is 29.3 Å². The highest BCUT2D eigenvalue weighted by Gasteiger charge is 2.35. The number of anilines is 2. The van der Waals surface area contributed by atoms with Gasteiger partial charge < -0.3 is 19.9 Å². The van der Waals surface area contributed by atoms with Gasteiger partial charge in [-0.3, -0.25) is 24.7 Å². The van der Waals surface area contributed by atoms with E-state index in [1.807, 2.05) is 18.2 Å². The second-order valence-electron chi connectivity index (χ2n) is 17.2. The number of sulfonamides is 1. The van der Waals surface area contributed by atoms with Gasteiger partial charge in [-0.2, -0.15) is 0 Å². The molecule has 1 aliphatic carbocycles. The maximum atomic E-state index is 13.9. The highest BCUT2D eigenvalue weighted by Crippen LogP contribution is 2.43. The lowest BCUT2D eigenvalue weighted by Crippen LogP contribution is -2.59. The van der Waals surface area contributed by atoms with Crippen LogP contribution in [0.15, 0.2) is 95.7 Å². The SMILES string of the molecule is CC1(C)CCC(CN2CCN(c3ccc(C(=O)NS(=O)(=O)c4ccc(NC5CN(C(CF)CF)C5)c([N+](=O)[O-])c4)c(Oc4cnc5[nH]ccc5c4)c3)CC2)=C(c2ccc(Cl)cc2)C1. The average molecular weight is 903 g/mol. The number of aromatic nitrogens is 2. The molecule has 2 fully saturated rings. The molecular weight excluding hydrogens is 854 g/mol. The van der Waals surface area contributed by atoms with E-state index < -0.39 is 50.8 Å². The minimum atomic E-state index is -4.64. The van der Waals surface area contributed by atoms with Crippen molar-refractivity contribution < 1.29 is 31.7 Å². The van der Waals surface area contributed by atoms with Crippen molar-refractivity contribution in [3.8, 4) is 11.5 Å². The number of benzene rings is 3. The number of pyridine rings is 1. The number of carbonyl (C=O) groups is 1. The Balaban J connectivity index is 0.995. The fraction of sp³-hybridized carbons (Fsp3) is 0.378. The lowest BCUT2D eigenvalue weighted by atomic mass is 9.72. The van der Waals surface area contributed by atoms with Gasteiger partial charge in [-0.05, 0) is 84.3 Å².